The number of likely N-dealkylation sites (tertiary alicyclic amines) is 1. The van der Waals surface area contributed by atoms with E-state index in [9.17, 15) is 4.79 Å². The number of nitrogens with zero attached hydrogens (tertiary/aromatic N) is 3. The van der Waals surface area contributed by atoms with Crippen molar-refractivity contribution in [1.29, 1.82) is 0 Å². The summed E-state index contributed by atoms with van der Waals surface area (Å²) < 4.78 is 0. The molecule has 1 aliphatic heterocycles. The summed E-state index contributed by atoms with van der Waals surface area (Å²) in [5, 5.41) is 3.25. The fraction of sp³-hybridized carbons (Fsp3) is 0.700. The zero-order valence-electron chi connectivity index (χ0n) is 15.8. The molecular weight excluding hydrogens is 312 g/mol. The number of piperidine rings is 1. The minimum Gasteiger partial charge on any atom is -0.362 e. The predicted octanol–water partition coefficient (Wildman–Crippen LogP) is 2.95. The summed E-state index contributed by atoms with van der Waals surface area (Å²) in [7, 11) is 3.98. The number of hydrogen-bond donors (Lipinski definition) is 1. The van der Waals surface area contributed by atoms with Crippen LogP contribution in [0, 0.1) is 0 Å². The summed E-state index contributed by atoms with van der Waals surface area (Å²) in [4.78, 5) is 22.2. The summed E-state index contributed by atoms with van der Waals surface area (Å²) in [6.45, 7) is 2.70. The van der Waals surface area contributed by atoms with E-state index in [0.717, 1.165) is 37.3 Å². The second kappa shape index (κ2) is 8.17. The Morgan fingerprint density at radius 3 is 2.52 bits per heavy atom. The molecule has 1 aromatic heterocycles. The Balaban J connectivity index is 1.73. The standard InChI is InChI=1S/C20H32N4O/c1-23(2)18-17(10-9-13-21-18)16-22-19(25)20(11-5-3-6-12-20)24-14-7-4-8-15-24/h9-10,13H,3-8,11-12,14-16H2,1-2H3,(H,22,25). The van der Waals surface area contributed by atoms with Crippen LogP contribution in [-0.2, 0) is 11.3 Å². The third kappa shape index (κ3) is 3.97. The molecule has 1 aromatic rings. The fourth-order valence-corrected chi connectivity index (χ4v) is 4.46. The first-order chi connectivity index (χ1) is 12.1. The fourth-order valence-electron chi connectivity index (χ4n) is 4.46. The molecule has 0 radical (unpaired) electrons. The van der Waals surface area contributed by atoms with Crippen molar-refractivity contribution >= 4 is 11.7 Å². The van der Waals surface area contributed by atoms with Gasteiger partial charge in [0.15, 0.2) is 0 Å². The Morgan fingerprint density at radius 2 is 1.84 bits per heavy atom. The smallest absolute Gasteiger partial charge is 0.240 e. The molecule has 1 N–H and O–H groups in total. The zero-order valence-corrected chi connectivity index (χ0v) is 15.8. The van der Waals surface area contributed by atoms with Gasteiger partial charge in [-0.05, 0) is 44.8 Å². The maximum absolute atomic E-state index is 13.3. The Labute approximate surface area is 151 Å². The molecular formula is C20H32N4O. The molecule has 1 aliphatic carbocycles. The highest BCUT2D eigenvalue weighted by molar-refractivity contribution is 5.86. The Morgan fingerprint density at radius 1 is 1.16 bits per heavy atom. The maximum atomic E-state index is 13.3. The Bertz CT molecular complexity index is 575. The molecule has 138 valence electrons. The quantitative estimate of drug-likeness (QED) is 0.892. The molecule has 1 saturated heterocycles. The van der Waals surface area contributed by atoms with Gasteiger partial charge in [0, 0.05) is 32.4 Å². The van der Waals surface area contributed by atoms with Gasteiger partial charge in [-0.25, -0.2) is 4.98 Å². The molecule has 0 spiro atoms. The van der Waals surface area contributed by atoms with E-state index in [4.69, 9.17) is 0 Å². The predicted molar refractivity (Wildman–Crippen MR) is 102 cm³/mol. The van der Waals surface area contributed by atoms with Crippen LogP contribution in [0.3, 0.4) is 0 Å². The van der Waals surface area contributed by atoms with Gasteiger partial charge in [0.1, 0.15) is 11.4 Å². The number of pyridine rings is 1. The summed E-state index contributed by atoms with van der Waals surface area (Å²) in [5.74, 6) is 1.15. The molecule has 0 aromatic carbocycles. The number of rotatable bonds is 5. The summed E-state index contributed by atoms with van der Waals surface area (Å²) in [6, 6.07) is 3.99. The minimum atomic E-state index is -0.279. The number of carbonyl (C=O) groups is 1. The highest BCUT2D eigenvalue weighted by Crippen LogP contribution is 2.36. The molecule has 5 heteroatoms. The number of amides is 1. The first-order valence-electron chi connectivity index (χ1n) is 9.78. The molecule has 3 rings (SSSR count). The zero-order chi connectivity index (χ0) is 17.7. The topological polar surface area (TPSA) is 48.5 Å². The van der Waals surface area contributed by atoms with Crippen molar-refractivity contribution in [3.05, 3.63) is 23.9 Å². The SMILES string of the molecule is CN(C)c1ncccc1CNC(=O)C1(N2CCCCC2)CCCCC1. The lowest BCUT2D eigenvalue weighted by atomic mass is 9.78. The van der Waals surface area contributed by atoms with E-state index < -0.39 is 0 Å². The highest BCUT2D eigenvalue weighted by atomic mass is 16.2. The number of nitrogens with one attached hydrogen (secondary N) is 1. The first-order valence-corrected chi connectivity index (χ1v) is 9.78. The van der Waals surface area contributed by atoms with Crippen LogP contribution < -0.4 is 10.2 Å². The van der Waals surface area contributed by atoms with Gasteiger partial charge in [-0.3, -0.25) is 9.69 Å². The van der Waals surface area contributed by atoms with Crippen LogP contribution >= 0.6 is 0 Å². The molecule has 1 amide bonds. The van der Waals surface area contributed by atoms with E-state index in [-0.39, 0.29) is 11.4 Å². The van der Waals surface area contributed by atoms with Crippen molar-refractivity contribution in [2.75, 3.05) is 32.1 Å². The van der Waals surface area contributed by atoms with Crippen LogP contribution in [0.15, 0.2) is 18.3 Å². The molecule has 25 heavy (non-hydrogen) atoms. The molecule has 0 atom stereocenters. The van der Waals surface area contributed by atoms with Gasteiger partial charge in [0.05, 0.1) is 0 Å². The van der Waals surface area contributed by atoms with Crippen LogP contribution in [0.5, 0.6) is 0 Å². The van der Waals surface area contributed by atoms with Crippen molar-refractivity contribution in [2.45, 2.75) is 63.5 Å². The molecule has 1 saturated carbocycles. The van der Waals surface area contributed by atoms with E-state index in [1.54, 1.807) is 6.20 Å². The summed E-state index contributed by atoms with van der Waals surface area (Å²) in [6.07, 6.45) is 11.2. The van der Waals surface area contributed by atoms with Crippen molar-refractivity contribution < 1.29 is 4.79 Å². The molecule has 0 bridgehead atoms. The normalized spacial score (nSPS) is 20.9. The van der Waals surface area contributed by atoms with Crippen molar-refractivity contribution in [3.63, 3.8) is 0 Å². The molecule has 2 fully saturated rings. The van der Waals surface area contributed by atoms with Gasteiger partial charge in [0.2, 0.25) is 5.91 Å². The first kappa shape index (κ1) is 18.2. The lowest BCUT2D eigenvalue weighted by molar-refractivity contribution is -0.137. The van der Waals surface area contributed by atoms with Gasteiger partial charge in [-0.1, -0.05) is 31.7 Å². The average molecular weight is 345 g/mol. The average Bonchev–Trinajstić information content (AvgIpc) is 2.67. The highest BCUT2D eigenvalue weighted by Gasteiger charge is 2.44. The van der Waals surface area contributed by atoms with Crippen LogP contribution in [0.2, 0.25) is 0 Å². The molecule has 0 unspecified atom stereocenters. The van der Waals surface area contributed by atoms with Crippen LogP contribution in [0.4, 0.5) is 5.82 Å². The summed E-state index contributed by atoms with van der Waals surface area (Å²) in [5.41, 5.74) is 0.796. The van der Waals surface area contributed by atoms with E-state index >= 15 is 0 Å². The largest absolute Gasteiger partial charge is 0.362 e. The van der Waals surface area contributed by atoms with E-state index in [1.807, 2.05) is 25.1 Å². The molecule has 5 nitrogen and oxygen atoms in total. The Hall–Kier alpha value is -1.62. The second-order valence-electron chi connectivity index (χ2n) is 7.70. The monoisotopic (exact) mass is 344 g/mol. The van der Waals surface area contributed by atoms with Crippen LogP contribution in [0.25, 0.3) is 0 Å². The Kier molecular flexibility index (Phi) is 5.94. The van der Waals surface area contributed by atoms with Crippen molar-refractivity contribution in [1.82, 2.24) is 15.2 Å². The number of carbonyl (C=O) groups excluding carboxylic acids is 1. The maximum Gasteiger partial charge on any atom is 0.240 e. The lowest BCUT2D eigenvalue weighted by Gasteiger charge is -2.46. The van der Waals surface area contributed by atoms with Gasteiger partial charge >= 0.3 is 0 Å². The summed E-state index contributed by atoms with van der Waals surface area (Å²) >= 11 is 0. The van der Waals surface area contributed by atoms with Gasteiger partial charge in [0.25, 0.3) is 0 Å². The third-order valence-corrected chi connectivity index (χ3v) is 5.80. The molecule has 2 heterocycles. The molecule has 2 aliphatic rings. The second-order valence-corrected chi connectivity index (χ2v) is 7.70. The lowest BCUT2D eigenvalue weighted by Crippen LogP contribution is -2.60. The van der Waals surface area contributed by atoms with Gasteiger partial charge < -0.3 is 10.2 Å². The minimum absolute atomic E-state index is 0.225. The number of anilines is 1. The third-order valence-electron chi connectivity index (χ3n) is 5.80. The van der Waals surface area contributed by atoms with Gasteiger partial charge in [-0.15, -0.1) is 0 Å². The van der Waals surface area contributed by atoms with Crippen molar-refractivity contribution in [2.24, 2.45) is 0 Å². The van der Waals surface area contributed by atoms with E-state index in [1.165, 1.54) is 38.5 Å². The van der Waals surface area contributed by atoms with Crippen molar-refractivity contribution in [3.8, 4) is 0 Å². The number of hydrogen-bond acceptors (Lipinski definition) is 4. The van der Waals surface area contributed by atoms with Gasteiger partial charge in [-0.2, -0.15) is 0 Å². The van der Waals surface area contributed by atoms with Crippen LogP contribution in [0.1, 0.15) is 56.9 Å². The van der Waals surface area contributed by atoms with E-state index in [0.29, 0.717) is 6.54 Å². The number of aromatic nitrogens is 1. The van der Waals surface area contributed by atoms with E-state index in [2.05, 4.69) is 21.3 Å². The van der Waals surface area contributed by atoms with Crippen LogP contribution in [-0.4, -0.2) is 48.5 Å².